The van der Waals surface area contributed by atoms with Gasteiger partial charge >= 0.3 is 0 Å². The van der Waals surface area contributed by atoms with E-state index >= 15 is 0 Å². The van der Waals surface area contributed by atoms with Crippen molar-refractivity contribution in [3.63, 3.8) is 0 Å². The average Bonchev–Trinajstić information content (AvgIpc) is 2.30. The fourth-order valence-corrected chi connectivity index (χ4v) is 1.28. The zero-order chi connectivity index (χ0) is 12.1. The summed E-state index contributed by atoms with van der Waals surface area (Å²) in [5.74, 6) is -0.328. The number of allylic oxidation sites excluding steroid dienone is 2. The molecule has 0 aliphatic carbocycles. The van der Waals surface area contributed by atoms with Gasteiger partial charge in [-0.3, -0.25) is 10.4 Å². The molecule has 16 heavy (non-hydrogen) atoms. The zero-order valence-electron chi connectivity index (χ0n) is 9.29. The Hall–Kier alpha value is -1.97. The first-order valence-electron chi connectivity index (χ1n) is 4.84. The van der Waals surface area contributed by atoms with Crippen LogP contribution in [0.15, 0.2) is 41.0 Å². The second-order valence-electron chi connectivity index (χ2n) is 3.20. The minimum atomic E-state index is -0.328. The summed E-state index contributed by atoms with van der Waals surface area (Å²) < 4.78 is 12.7. The number of aliphatic imine (C=N–C) groups is 1. The van der Waals surface area contributed by atoms with Crippen LogP contribution in [-0.4, -0.2) is 18.5 Å². The maximum atomic E-state index is 12.7. The summed E-state index contributed by atoms with van der Waals surface area (Å²) >= 11 is 0. The van der Waals surface area contributed by atoms with Gasteiger partial charge in [0.25, 0.3) is 0 Å². The number of benzene rings is 1. The van der Waals surface area contributed by atoms with Crippen LogP contribution in [-0.2, 0) is 0 Å². The Labute approximate surface area is 94.0 Å². The molecule has 0 spiro atoms. The number of nitrogens with one attached hydrogen (secondary N) is 1. The molecule has 0 aliphatic heterocycles. The van der Waals surface area contributed by atoms with E-state index < -0.39 is 0 Å². The molecule has 0 saturated carbocycles. The zero-order valence-corrected chi connectivity index (χ0v) is 9.29. The summed E-state index contributed by atoms with van der Waals surface area (Å²) in [4.78, 5) is 3.96. The fraction of sp³-hybridized carbons (Fsp3) is 0.167. The van der Waals surface area contributed by atoms with Gasteiger partial charge in [0, 0.05) is 12.6 Å². The van der Waals surface area contributed by atoms with Crippen molar-refractivity contribution >= 4 is 11.4 Å². The lowest BCUT2D eigenvalue weighted by Crippen LogP contribution is -2.21. The predicted molar refractivity (Wildman–Crippen MR) is 64.5 cm³/mol. The first-order valence-corrected chi connectivity index (χ1v) is 4.84. The first kappa shape index (κ1) is 12.1. The van der Waals surface area contributed by atoms with Crippen molar-refractivity contribution in [2.24, 2.45) is 10.7 Å². The van der Waals surface area contributed by atoms with Crippen molar-refractivity contribution in [3.05, 3.63) is 47.4 Å². The van der Waals surface area contributed by atoms with Gasteiger partial charge in [-0.05, 0) is 31.2 Å². The largest absolute Gasteiger partial charge is 0.397 e. The number of nitrogens with zero attached hydrogens (tertiary/aromatic N) is 1. The van der Waals surface area contributed by atoms with Crippen molar-refractivity contribution in [2.45, 2.75) is 6.92 Å². The molecule has 3 nitrogen and oxygen atoms in total. The van der Waals surface area contributed by atoms with Crippen LogP contribution in [0.5, 0.6) is 0 Å². The smallest absolute Gasteiger partial charge is 0.123 e. The number of hydrogen-bond donors (Lipinski definition) is 2. The van der Waals surface area contributed by atoms with E-state index in [2.05, 4.69) is 4.99 Å². The van der Waals surface area contributed by atoms with E-state index in [9.17, 15) is 4.39 Å². The van der Waals surface area contributed by atoms with E-state index in [0.29, 0.717) is 17.0 Å². The highest BCUT2D eigenvalue weighted by Gasteiger charge is 2.11. The second kappa shape index (κ2) is 5.21. The van der Waals surface area contributed by atoms with Crippen LogP contribution < -0.4 is 5.73 Å². The van der Waals surface area contributed by atoms with E-state index in [1.807, 2.05) is 0 Å². The van der Waals surface area contributed by atoms with E-state index in [4.69, 9.17) is 11.1 Å². The van der Waals surface area contributed by atoms with Gasteiger partial charge in [0.2, 0.25) is 0 Å². The fourth-order valence-electron chi connectivity index (χ4n) is 1.28. The quantitative estimate of drug-likeness (QED) is 0.751. The number of hydrogen-bond acceptors (Lipinski definition) is 3. The molecule has 84 valence electrons. The predicted octanol–water partition coefficient (Wildman–Crippen LogP) is 2.13. The highest BCUT2D eigenvalue weighted by molar-refractivity contribution is 6.52. The Bertz CT molecular complexity index is 444. The maximum absolute atomic E-state index is 12.7. The Morgan fingerprint density at radius 1 is 1.38 bits per heavy atom. The summed E-state index contributed by atoms with van der Waals surface area (Å²) in [5.41, 5.74) is 7.35. The molecule has 4 heteroatoms. The molecule has 0 radical (unpaired) electrons. The summed E-state index contributed by atoms with van der Waals surface area (Å²) in [6.45, 7) is 1.78. The summed E-state index contributed by atoms with van der Waals surface area (Å²) in [6.07, 6.45) is 1.68. The molecule has 1 rings (SSSR count). The number of halogens is 1. The SMILES string of the molecule is C/C=C(/N)C(=NC)C(=N)c1ccc(F)cc1. The van der Waals surface area contributed by atoms with Gasteiger partial charge in [0.1, 0.15) is 11.5 Å². The summed E-state index contributed by atoms with van der Waals surface area (Å²) in [7, 11) is 1.57. The highest BCUT2D eigenvalue weighted by Crippen LogP contribution is 2.07. The molecule has 0 bridgehead atoms. The minimum absolute atomic E-state index is 0.193. The van der Waals surface area contributed by atoms with Crippen molar-refractivity contribution in [1.82, 2.24) is 0 Å². The third-order valence-corrected chi connectivity index (χ3v) is 2.18. The monoisotopic (exact) mass is 219 g/mol. The van der Waals surface area contributed by atoms with Gasteiger partial charge in [0.15, 0.2) is 0 Å². The molecule has 0 atom stereocenters. The lowest BCUT2D eigenvalue weighted by atomic mass is 10.0. The lowest BCUT2D eigenvalue weighted by Gasteiger charge is -2.07. The summed E-state index contributed by atoms with van der Waals surface area (Å²) in [6, 6.07) is 5.68. The Morgan fingerprint density at radius 2 is 1.94 bits per heavy atom. The van der Waals surface area contributed by atoms with Crippen molar-refractivity contribution in [1.29, 1.82) is 5.41 Å². The highest BCUT2D eigenvalue weighted by atomic mass is 19.1. The van der Waals surface area contributed by atoms with Crippen LogP contribution in [0.4, 0.5) is 4.39 Å². The van der Waals surface area contributed by atoms with Crippen LogP contribution in [0.25, 0.3) is 0 Å². The van der Waals surface area contributed by atoms with Crippen LogP contribution in [0.2, 0.25) is 0 Å². The Morgan fingerprint density at radius 3 is 2.38 bits per heavy atom. The van der Waals surface area contributed by atoms with Gasteiger partial charge in [-0.2, -0.15) is 0 Å². The molecule has 1 aromatic carbocycles. The second-order valence-corrected chi connectivity index (χ2v) is 3.20. The van der Waals surface area contributed by atoms with Gasteiger partial charge < -0.3 is 5.73 Å². The summed E-state index contributed by atoms with van der Waals surface area (Å²) in [5, 5.41) is 7.92. The van der Waals surface area contributed by atoms with Crippen LogP contribution in [0.1, 0.15) is 12.5 Å². The minimum Gasteiger partial charge on any atom is -0.397 e. The Kier molecular flexibility index (Phi) is 3.94. The van der Waals surface area contributed by atoms with Crippen LogP contribution in [0, 0.1) is 11.2 Å². The molecule has 0 saturated heterocycles. The molecular weight excluding hydrogens is 205 g/mol. The van der Waals surface area contributed by atoms with Crippen molar-refractivity contribution in [2.75, 3.05) is 7.05 Å². The molecule has 1 aromatic rings. The third kappa shape index (κ3) is 2.53. The normalized spacial score (nSPS) is 12.7. The number of nitrogens with two attached hydrogens (primary N) is 1. The lowest BCUT2D eigenvalue weighted by molar-refractivity contribution is 0.628. The van der Waals surface area contributed by atoms with Gasteiger partial charge in [-0.25, -0.2) is 4.39 Å². The molecular formula is C12H14FN3. The van der Waals surface area contributed by atoms with Crippen LogP contribution >= 0.6 is 0 Å². The van der Waals surface area contributed by atoms with Crippen molar-refractivity contribution < 1.29 is 4.39 Å². The van der Waals surface area contributed by atoms with Gasteiger partial charge in [-0.15, -0.1) is 0 Å². The average molecular weight is 219 g/mol. The molecule has 0 amide bonds. The molecule has 0 fully saturated rings. The van der Waals surface area contributed by atoms with E-state index in [0.717, 1.165) is 0 Å². The molecule has 0 aliphatic rings. The molecule has 0 heterocycles. The first-order chi connectivity index (χ1) is 7.60. The molecule has 3 N–H and O–H groups in total. The van der Waals surface area contributed by atoms with E-state index in [1.54, 1.807) is 20.0 Å². The van der Waals surface area contributed by atoms with Gasteiger partial charge in [0.05, 0.1) is 11.4 Å². The number of rotatable bonds is 3. The van der Waals surface area contributed by atoms with E-state index in [1.165, 1.54) is 24.3 Å². The van der Waals surface area contributed by atoms with Crippen molar-refractivity contribution in [3.8, 4) is 0 Å². The standard InChI is InChI=1S/C12H14FN3/c1-3-10(14)12(16-2)11(15)8-4-6-9(13)7-5-8/h3-7,15H,14H2,1-2H3/b10-3+,15-11?,16-12?. The molecule has 0 unspecified atom stereocenters. The Balaban J connectivity index is 3.06. The maximum Gasteiger partial charge on any atom is 0.123 e. The van der Waals surface area contributed by atoms with E-state index in [-0.39, 0.29) is 11.5 Å². The molecule has 0 aromatic heterocycles. The van der Waals surface area contributed by atoms with Gasteiger partial charge in [-0.1, -0.05) is 6.08 Å². The topological polar surface area (TPSA) is 62.2 Å². The third-order valence-electron chi connectivity index (χ3n) is 2.18. The van der Waals surface area contributed by atoms with Crippen LogP contribution in [0.3, 0.4) is 0 Å².